The zero-order chi connectivity index (χ0) is 11.2. The molecule has 0 bridgehead atoms. The van der Waals surface area contributed by atoms with Gasteiger partial charge < -0.3 is 14.8 Å². The molecule has 0 aromatic carbocycles. The Morgan fingerprint density at radius 2 is 2.25 bits per heavy atom. The smallest absolute Gasteiger partial charge is 0.0623 e. The highest BCUT2D eigenvalue weighted by Crippen LogP contribution is 2.29. The maximum absolute atomic E-state index is 5.79. The Kier molecular flexibility index (Phi) is 5.07. The van der Waals surface area contributed by atoms with E-state index in [4.69, 9.17) is 9.47 Å². The van der Waals surface area contributed by atoms with E-state index in [9.17, 15) is 0 Å². The average Bonchev–Trinajstić information content (AvgIpc) is 2.74. The summed E-state index contributed by atoms with van der Waals surface area (Å²) in [5.74, 6) is 1.61. The van der Waals surface area contributed by atoms with Gasteiger partial charge in [-0.1, -0.05) is 19.3 Å². The van der Waals surface area contributed by atoms with Gasteiger partial charge in [-0.2, -0.15) is 0 Å². The van der Waals surface area contributed by atoms with Crippen molar-refractivity contribution in [3.05, 3.63) is 0 Å². The van der Waals surface area contributed by atoms with Gasteiger partial charge in [0, 0.05) is 25.2 Å². The molecule has 1 aliphatic heterocycles. The van der Waals surface area contributed by atoms with Gasteiger partial charge in [-0.3, -0.25) is 0 Å². The van der Waals surface area contributed by atoms with Crippen LogP contribution in [0.2, 0.25) is 0 Å². The third-order valence-electron chi connectivity index (χ3n) is 4.10. The molecule has 2 atom stereocenters. The fraction of sp³-hybridized carbons (Fsp3) is 1.00. The summed E-state index contributed by atoms with van der Waals surface area (Å²) in [6.07, 6.45) is 6.73. The van der Waals surface area contributed by atoms with Crippen LogP contribution in [0.3, 0.4) is 0 Å². The van der Waals surface area contributed by atoms with E-state index in [-0.39, 0.29) is 0 Å². The van der Waals surface area contributed by atoms with Crippen molar-refractivity contribution < 1.29 is 9.47 Å². The highest BCUT2D eigenvalue weighted by atomic mass is 16.5. The third kappa shape index (κ3) is 3.44. The summed E-state index contributed by atoms with van der Waals surface area (Å²) in [5.41, 5.74) is 0. The number of hydrogen-bond acceptors (Lipinski definition) is 3. The molecule has 3 heteroatoms. The lowest BCUT2D eigenvalue weighted by Gasteiger charge is -2.26. The van der Waals surface area contributed by atoms with Gasteiger partial charge in [-0.15, -0.1) is 0 Å². The maximum atomic E-state index is 5.79. The van der Waals surface area contributed by atoms with Gasteiger partial charge in [0.2, 0.25) is 0 Å². The van der Waals surface area contributed by atoms with Crippen molar-refractivity contribution in [2.45, 2.75) is 38.1 Å². The molecule has 1 aliphatic carbocycles. The molecule has 16 heavy (non-hydrogen) atoms. The molecule has 94 valence electrons. The molecule has 2 unspecified atom stereocenters. The van der Waals surface area contributed by atoms with E-state index in [1.807, 2.05) is 7.05 Å². The van der Waals surface area contributed by atoms with Crippen LogP contribution in [0.15, 0.2) is 0 Å². The molecule has 2 fully saturated rings. The zero-order valence-corrected chi connectivity index (χ0v) is 10.4. The zero-order valence-electron chi connectivity index (χ0n) is 10.4. The van der Waals surface area contributed by atoms with Gasteiger partial charge in [0.05, 0.1) is 13.2 Å². The average molecular weight is 227 g/mol. The quantitative estimate of drug-likeness (QED) is 0.673. The van der Waals surface area contributed by atoms with E-state index < -0.39 is 0 Å². The van der Waals surface area contributed by atoms with Crippen molar-refractivity contribution in [1.29, 1.82) is 0 Å². The van der Waals surface area contributed by atoms with Crippen LogP contribution in [-0.2, 0) is 9.47 Å². The molecule has 1 N–H and O–H groups in total. The number of likely N-dealkylation sites (N-methyl/N-ethyl adjacent to an activating group) is 1. The maximum Gasteiger partial charge on any atom is 0.0623 e. The van der Waals surface area contributed by atoms with Gasteiger partial charge in [0.25, 0.3) is 0 Å². The predicted octanol–water partition coefficient (Wildman–Crippen LogP) is 1.82. The molecule has 0 amide bonds. The van der Waals surface area contributed by atoms with E-state index >= 15 is 0 Å². The fourth-order valence-corrected chi connectivity index (χ4v) is 2.57. The summed E-state index contributed by atoms with van der Waals surface area (Å²) < 4.78 is 11.2. The Balaban J connectivity index is 1.55. The first kappa shape index (κ1) is 12.3. The minimum absolute atomic E-state index is 0.476. The summed E-state index contributed by atoms with van der Waals surface area (Å²) in [6, 6.07) is 0.476. The van der Waals surface area contributed by atoms with Crippen molar-refractivity contribution in [2.24, 2.45) is 11.8 Å². The Morgan fingerprint density at radius 1 is 1.38 bits per heavy atom. The summed E-state index contributed by atoms with van der Waals surface area (Å²) in [5, 5.41) is 3.36. The van der Waals surface area contributed by atoms with Gasteiger partial charge in [0.1, 0.15) is 0 Å². The monoisotopic (exact) mass is 227 g/mol. The Morgan fingerprint density at radius 3 is 2.81 bits per heavy atom. The van der Waals surface area contributed by atoms with Crippen molar-refractivity contribution in [3.8, 4) is 0 Å². The number of ether oxygens (including phenoxy) is 2. The van der Waals surface area contributed by atoms with Crippen LogP contribution in [0.4, 0.5) is 0 Å². The molecule has 0 spiro atoms. The molecule has 0 radical (unpaired) electrons. The standard InChI is InChI=1S/C13H25NO2/c1-14-13(12-6-8-15-9-12)10-16-7-5-11-3-2-4-11/h11-14H,2-10H2,1H3. The van der Waals surface area contributed by atoms with Gasteiger partial charge in [-0.05, 0) is 25.8 Å². The first-order valence-electron chi connectivity index (χ1n) is 6.73. The van der Waals surface area contributed by atoms with E-state index in [0.29, 0.717) is 12.0 Å². The minimum Gasteiger partial charge on any atom is -0.381 e. The van der Waals surface area contributed by atoms with Gasteiger partial charge in [-0.25, -0.2) is 0 Å². The third-order valence-corrected chi connectivity index (χ3v) is 4.10. The van der Waals surface area contributed by atoms with Crippen LogP contribution in [0, 0.1) is 11.8 Å². The van der Waals surface area contributed by atoms with Crippen LogP contribution in [0.5, 0.6) is 0 Å². The Labute approximate surface area is 98.9 Å². The number of hydrogen-bond donors (Lipinski definition) is 1. The highest BCUT2D eigenvalue weighted by molar-refractivity contribution is 4.78. The summed E-state index contributed by atoms with van der Waals surface area (Å²) in [6.45, 7) is 3.61. The fourth-order valence-electron chi connectivity index (χ4n) is 2.57. The van der Waals surface area contributed by atoms with Crippen LogP contribution >= 0.6 is 0 Å². The van der Waals surface area contributed by atoms with E-state index in [1.165, 1.54) is 32.1 Å². The summed E-state index contributed by atoms with van der Waals surface area (Å²) in [7, 11) is 2.03. The lowest BCUT2D eigenvalue weighted by atomic mass is 9.83. The van der Waals surface area contributed by atoms with Crippen LogP contribution in [0.1, 0.15) is 32.1 Å². The lowest BCUT2D eigenvalue weighted by Crippen LogP contribution is -2.38. The highest BCUT2D eigenvalue weighted by Gasteiger charge is 2.24. The second-order valence-corrected chi connectivity index (χ2v) is 5.18. The molecule has 0 aromatic heterocycles. The molecule has 0 aromatic rings. The van der Waals surface area contributed by atoms with Crippen LogP contribution < -0.4 is 5.32 Å². The topological polar surface area (TPSA) is 30.5 Å². The second kappa shape index (κ2) is 6.58. The first-order valence-corrected chi connectivity index (χ1v) is 6.73. The lowest BCUT2D eigenvalue weighted by molar-refractivity contribution is 0.0732. The largest absolute Gasteiger partial charge is 0.381 e. The van der Waals surface area contributed by atoms with Crippen molar-refractivity contribution in [3.63, 3.8) is 0 Å². The number of nitrogens with one attached hydrogen (secondary N) is 1. The first-order chi connectivity index (χ1) is 7.90. The van der Waals surface area contributed by atoms with Crippen molar-refractivity contribution >= 4 is 0 Å². The SMILES string of the molecule is CNC(COCCC1CCC1)C1CCOC1. The normalized spacial score (nSPS) is 27.9. The molecule has 1 heterocycles. The van der Waals surface area contributed by atoms with Gasteiger partial charge >= 0.3 is 0 Å². The van der Waals surface area contributed by atoms with Crippen molar-refractivity contribution in [1.82, 2.24) is 5.32 Å². The Bertz CT molecular complexity index is 188. The summed E-state index contributed by atoms with van der Waals surface area (Å²) in [4.78, 5) is 0. The second-order valence-electron chi connectivity index (χ2n) is 5.18. The summed E-state index contributed by atoms with van der Waals surface area (Å²) >= 11 is 0. The van der Waals surface area contributed by atoms with Crippen molar-refractivity contribution in [2.75, 3.05) is 33.5 Å². The molecule has 2 aliphatic rings. The van der Waals surface area contributed by atoms with E-state index in [2.05, 4.69) is 5.32 Å². The molecular weight excluding hydrogens is 202 g/mol. The van der Waals surface area contributed by atoms with Crippen LogP contribution in [-0.4, -0.2) is 39.5 Å². The van der Waals surface area contributed by atoms with Crippen LogP contribution in [0.25, 0.3) is 0 Å². The number of rotatable bonds is 7. The Hall–Kier alpha value is -0.120. The molecule has 3 nitrogen and oxygen atoms in total. The minimum atomic E-state index is 0.476. The predicted molar refractivity (Wildman–Crippen MR) is 64.6 cm³/mol. The molecule has 1 saturated carbocycles. The van der Waals surface area contributed by atoms with E-state index in [0.717, 1.165) is 32.3 Å². The van der Waals surface area contributed by atoms with E-state index in [1.54, 1.807) is 0 Å². The molecular formula is C13H25NO2. The molecule has 2 rings (SSSR count). The van der Waals surface area contributed by atoms with Gasteiger partial charge in [0.15, 0.2) is 0 Å². The molecule has 1 saturated heterocycles.